The summed E-state index contributed by atoms with van der Waals surface area (Å²) in [5, 5.41) is -0.523. The van der Waals surface area contributed by atoms with E-state index in [1.807, 2.05) is 0 Å². The van der Waals surface area contributed by atoms with Crippen molar-refractivity contribution in [3.63, 3.8) is 0 Å². The van der Waals surface area contributed by atoms with Crippen LogP contribution in [0.3, 0.4) is 0 Å². The summed E-state index contributed by atoms with van der Waals surface area (Å²) in [4.78, 5) is 10.2. The fourth-order valence-electron chi connectivity index (χ4n) is 0.675. The quantitative estimate of drug-likeness (QED) is 0.374. The van der Waals surface area contributed by atoms with Gasteiger partial charge in [-0.2, -0.15) is 0 Å². The molecule has 0 heterocycles. The highest BCUT2D eigenvalue weighted by Crippen LogP contribution is 2.08. The summed E-state index contributed by atoms with van der Waals surface area (Å²) in [7, 11) is 0. The van der Waals surface area contributed by atoms with Crippen LogP contribution in [0.4, 0.5) is 0 Å². The Kier molecular flexibility index (Phi) is 6.68. The number of carbonyl (C=O) groups excluding carboxylic acids is 1. The van der Waals surface area contributed by atoms with Crippen LogP contribution in [0.25, 0.3) is 0 Å². The Morgan fingerprint density at radius 3 is 2.73 bits per heavy atom. The first kappa shape index (κ1) is 11.0. The smallest absolute Gasteiger partial charge is 0.244 e. The fourth-order valence-corrected chi connectivity index (χ4v) is 0.975. The van der Waals surface area contributed by atoms with Crippen molar-refractivity contribution in [1.82, 2.24) is 0 Å². The van der Waals surface area contributed by atoms with E-state index in [9.17, 15) is 4.79 Å². The number of halogens is 2. The Morgan fingerprint density at radius 2 is 2.27 bits per heavy atom. The van der Waals surface area contributed by atoms with E-state index < -0.39 is 5.24 Å². The van der Waals surface area contributed by atoms with Crippen molar-refractivity contribution < 1.29 is 4.79 Å². The minimum atomic E-state index is -0.466. The molecule has 3 heteroatoms. The van der Waals surface area contributed by atoms with Crippen LogP contribution < -0.4 is 0 Å². The van der Waals surface area contributed by atoms with Crippen molar-refractivity contribution in [2.75, 3.05) is 0 Å². The molecule has 0 spiro atoms. The first-order chi connectivity index (χ1) is 5.16. The number of unbranched alkanes of at least 4 members (excludes halogenated alkanes) is 1. The third-order valence-corrected chi connectivity index (χ3v) is 1.76. The summed E-state index contributed by atoms with van der Waals surface area (Å²) in [6, 6.07) is 0. The number of alkyl halides is 1. The maximum Gasteiger partial charge on any atom is 0.244 e. The molecule has 0 amide bonds. The van der Waals surface area contributed by atoms with Crippen molar-refractivity contribution in [2.24, 2.45) is 0 Å². The van der Waals surface area contributed by atoms with Crippen molar-refractivity contribution in [1.29, 1.82) is 0 Å². The van der Waals surface area contributed by atoms with Crippen LogP contribution in [0.1, 0.15) is 26.2 Å². The van der Waals surface area contributed by atoms with Gasteiger partial charge in [0.25, 0.3) is 0 Å². The standard InChI is InChI=1S/C8H12Cl2O/c1-2-3-4-7(9)5-6-8(10)11/h5-7H,2-4H2,1H3. The molecule has 0 radical (unpaired) electrons. The molecule has 1 unspecified atom stereocenters. The van der Waals surface area contributed by atoms with E-state index >= 15 is 0 Å². The average Bonchev–Trinajstić information content (AvgIpc) is 1.97. The third kappa shape index (κ3) is 7.89. The molecular weight excluding hydrogens is 183 g/mol. The van der Waals surface area contributed by atoms with Crippen LogP contribution >= 0.6 is 23.2 Å². The molecule has 0 rings (SSSR count). The largest absolute Gasteiger partial charge is 0.276 e. The Bertz CT molecular complexity index is 143. The fraction of sp³-hybridized carbons (Fsp3) is 0.625. The van der Waals surface area contributed by atoms with Gasteiger partial charge in [-0.25, -0.2) is 0 Å². The highest BCUT2D eigenvalue weighted by molar-refractivity contribution is 6.66. The van der Waals surface area contributed by atoms with Gasteiger partial charge in [0, 0.05) is 0 Å². The summed E-state index contributed by atoms with van der Waals surface area (Å²) < 4.78 is 0. The molecule has 0 fully saturated rings. The van der Waals surface area contributed by atoms with Gasteiger partial charge in [-0.1, -0.05) is 25.8 Å². The summed E-state index contributed by atoms with van der Waals surface area (Å²) in [6.07, 6.45) is 6.03. The molecule has 0 aromatic carbocycles. The van der Waals surface area contributed by atoms with Crippen molar-refractivity contribution in [3.8, 4) is 0 Å². The lowest BCUT2D eigenvalue weighted by atomic mass is 10.2. The Hall–Kier alpha value is -0.0100. The molecule has 0 N–H and O–H groups in total. The summed E-state index contributed by atoms with van der Waals surface area (Å²) in [5.74, 6) is 0. The minimum absolute atomic E-state index is 0.0577. The van der Waals surface area contributed by atoms with E-state index in [1.54, 1.807) is 6.08 Å². The highest BCUT2D eigenvalue weighted by atomic mass is 35.5. The zero-order valence-corrected chi connectivity index (χ0v) is 8.03. The van der Waals surface area contributed by atoms with Crippen LogP contribution in [0.15, 0.2) is 12.2 Å². The maximum absolute atomic E-state index is 10.2. The summed E-state index contributed by atoms with van der Waals surface area (Å²) in [5.41, 5.74) is 0. The summed E-state index contributed by atoms with van der Waals surface area (Å²) >= 11 is 10.9. The predicted octanol–water partition coefficient (Wildman–Crippen LogP) is 3.11. The summed E-state index contributed by atoms with van der Waals surface area (Å²) in [6.45, 7) is 2.10. The van der Waals surface area contributed by atoms with Crippen molar-refractivity contribution in [2.45, 2.75) is 31.6 Å². The molecule has 0 saturated heterocycles. The maximum atomic E-state index is 10.2. The van der Waals surface area contributed by atoms with Crippen LogP contribution in [0.5, 0.6) is 0 Å². The van der Waals surface area contributed by atoms with Gasteiger partial charge in [-0.3, -0.25) is 4.79 Å². The number of hydrogen-bond acceptors (Lipinski definition) is 1. The van der Waals surface area contributed by atoms with Gasteiger partial charge in [0.05, 0.1) is 5.38 Å². The second-order valence-electron chi connectivity index (χ2n) is 2.32. The Labute approximate surface area is 77.4 Å². The van der Waals surface area contributed by atoms with E-state index in [2.05, 4.69) is 6.92 Å². The minimum Gasteiger partial charge on any atom is -0.276 e. The third-order valence-electron chi connectivity index (χ3n) is 1.27. The second kappa shape index (κ2) is 6.68. The van der Waals surface area contributed by atoms with E-state index in [0.717, 1.165) is 19.3 Å². The molecule has 0 aliphatic carbocycles. The first-order valence-electron chi connectivity index (χ1n) is 3.68. The SMILES string of the molecule is CCCCC(Cl)C=CC(=O)Cl. The Morgan fingerprint density at radius 1 is 1.64 bits per heavy atom. The number of carbonyl (C=O) groups is 1. The van der Waals surface area contributed by atoms with Gasteiger partial charge >= 0.3 is 0 Å². The molecule has 0 aliphatic heterocycles. The van der Waals surface area contributed by atoms with E-state index in [-0.39, 0.29) is 5.38 Å². The van der Waals surface area contributed by atoms with E-state index in [1.165, 1.54) is 6.08 Å². The Balaban J connectivity index is 3.50. The lowest BCUT2D eigenvalue weighted by Gasteiger charge is -1.99. The van der Waals surface area contributed by atoms with Gasteiger partial charge < -0.3 is 0 Å². The molecule has 64 valence electrons. The second-order valence-corrected chi connectivity index (χ2v) is 3.25. The van der Waals surface area contributed by atoms with Gasteiger partial charge in [0.15, 0.2) is 0 Å². The number of rotatable bonds is 5. The van der Waals surface area contributed by atoms with Gasteiger partial charge in [-0.05, 0) is 24.1 Å². The van der Waals surface area contributed by atoms with Gasteiger partial charge in [0.1, 0.15) is 0 Å². The topological polar surface area (TPSA) is 17.1 Å². The molecule has 1 atom stereocenters. The van der Waals surface area contributed by atoms with Crippen molar-refractivity contribution in [3.05, 3.63) is 12.2 Å². The first-order valence-corrected chi connectivity index (χ1v) is 4.50. The molecular formula is C8H12Cl2O. The monoisotopic (exact) mass is 194 g/mol. The van der Waals surface area contributed by atoms with Crippen LogP contribution in [0, 0.1) is 0 Å². The molecule has 0 aromatic heterocycles. The normalized spacial score (nSPS) is 13.7. The molecule has 1 nitrogen and oxygen atoms in total. The molecule has 0 aliphatic rings. The van der Waals surface area contributed by atoms with E-state index in [0.29, 0.717) is 0 Å². The zero-order chi connectivity index (χ0) is 8.69. The zero-order valence-electron chi connectivity index (χ0n) is 6.52. The molecule has 0 saturated carbocycles. The number of allylic oxidation sites excluding steroid dienone is 2. The molecule has 0 bridgehead atoms. The van der Waals surface area contributed by atoms with E-state index in [4.69, 9.17) is 23.2 Å². The van der Waals surface area contributed by atoms with Crippen LogP contribution in [-0.4, -0.2) is 10.6 Å². The van der Waals surface area contributed by atoms with Crippen LogP contribution in [0.2, 0.25) is 0 Å². The number of hydrogen-bond donors (Lipinski definition) is 0. The lowest BCUT2D eigenvalue weighted by Crippen LogP contribution is -1.93. The van der Waals surface area contributed by atoms with Crippen LogP contribution in [-0.2, 0) is 4.79 Å². The highest BCUT2D eigenvalue weighted by Gasteiger charge is 1.98. The molecule has 0 aromatic rings. The lowest BCUT2D eigenvalue weighted by molar-refractivity contribution is -0.107. The average molecular weight is 195 g/mol. The van der Waals surface area contributed by atoms with Gasteiger partial charge in [-0.15, -0.1) is 11.6 Å². The van der Waals surface area contributed by atoms with Gasteiger partial charge in [0.2, 0.25) is 5.24 Å². The van der Waals surface area contributed by atoms with Crippen molar-refractivity contribution >= 4 is 28.4 Å². The predicted molar refractivity (Wildman–Crippen MR) is 49.2 cm³/mol. The molecule has 11 heavy (non-hydrogen) atoms.